The Labute approximate surface area is 121 Å². The smallest absolute Gasteiger partial charge is 0.715 e. The van der Waals surface area contributed by atoms with Crippen LogP contribution in [0.15, 0.2) is 0 Å². The minimum atomic E-state index is 0. The molecule has 0 aliphatic heterocycles. The molecule has 0 spiro atoms. The second kappa shape index (κ2) is 22.6. The van der Waals surface area contributed by atoms with Crippen LogP contribution < -0.4 is 51.4 Å². The summed E-state index contributed by atoms with van der Waals surface area (Å²) in [4.78, 5) is 0. The van der Waals surface area contributed by atoms with E-state index < -0.39 is 0 Å². The van der Waals surface area contributed by atoms with E-state index in [9.17, 15) is 0 Å². The predicted molar refractivity (Wildman–Crippen MR) is 30.2 cm³/mol. The van der Waals surface area contributed by atoms with Crippen LogP contribution in [0.4, 0.5) is 0 Å². The molecule has 0 aromatic carbocycles. The monoisotopic (exact) mass is 213 g/mol. The summed E-state index contributed by atoms with van der Waals surface area (Å²) < 4.78 is 0. The largest absolute Gasteiger partial charge is 1.00 e. The van der Waals surface area contributed by atoms with Crippen molar-refractivity contribution in [2.24, 2.45) is 0 Å². The molecule has 0 N–H and O–H groups in total. The Morgan fingerprint density at radius 2 is 1.38 bits per heavy atom. The van der Waals surface area contributed by atoms with Crippen LogP contribution >= 0.6 is 0 Å². The fraction of sp³-hybridized carbons (Fsp3) is 0.400. The van der Waals surface area contributed by atoms with Gasteiger partial charge in [0.1, 0.15) is 0 Å². The average molecular weight is 213 g/mol. The Balaban J connectivity index is -0.0000000267. The molecule has 0 atom stereocenters. The molecule has 8 heavy (non-hydrogen) atoms. The van der Waals surface area contributed by atoms with Gasteiger partial charge in [-0.05, 0) is 0 Å². The molecule has 0 heterocycles. The van der Waals surface area contributed by atoms with Gasteiger partial charge in [0.05, 0.1) is 0 Å². The molecule has 0 fully saturated rings. The first-order valence-corrected chi connectivity index (χ1v) is 1.63. The standard InChI is InChI=1S/C4H8N.CH3.K.Y/c1-3-5-4-2;;;/h1-4H2;1H3;;/q-3;-1;+1;. The minimum absolute atomic E-state index is 0. The normalized spacial score (nSPS) is 5.25. The van der Waals surface area contributed by atoms with Crippen LogP contribution in [-0.2, 0) is 32.7 Å². The molecule has 1 nitrogen and oxygen atoms in total. The quantitative estimate of drug-likeness (QED) is 0.391. The third-order valence-electron chi connectivity index (χ3n) is 0.316. The molecule has 0 saturated heterocycles. The van der Waals surface area contributed by atoms with Crippen molar-refractivity contribution in [2.75, 3.05) is 13.1 Å². The van der Waals surface area contributed by atoms with Crippen molar-refractivity contribution >= 4 is 0 Å². The molecule has 0 bridgehead atoms. The number of nitrogens with zero attached hydrogens (tertiary/aromatic N) is 1. The van der Waals surface area contributed by atoms with E-state index in [-0.39, 0.29) is 91.5 Å². The minimum Gasteiger partial charge on any atom is -0.715 e. The van der Waals surface area contributed by atoms with Crippen molar-refractivity contribution in [3.63, 3.8) is 0 Å². The van der Waals surface area contributed by atoms with Gasteiger partial charge in [0.15, 0.2) is 0 Å². The molecule has 0 unspecified atom stereocenters. The Bertz CT molecular complexity index is 19.9. The second-order valence-electron chi connectivity index (χ2n) is 0.671. The van der Waals surface area contributed by atoms with Crippen LogP contribution in [0.5, 0.6) is 0 Å². The summed E-state index contributed by atoms with van der Waals surface area (Å²) in [5.41, 5.74) is 0. The Morgan fingerprint density at radius 3 is 1.38 bits per heavy atom. The van der Waals surface area contributed by atoms with Crippen molar-refractivity contribution < 1.29 is 84.1 Å². The van der Waals surface area contributed by atoms with Gasteiger partial charge < -0.3 is 26.6 Å². The summed E-state index contributed by atoms with van der Waals surface area (Å²) in [5, 5.41) is 3.75. The third-order valence-corrected chi connectivity index (χ3v) is 0.316. The predicted octanol–water partition coefficient (Wildman–Crippen LogP) is -1.52. The third kappa shape index (κ3) is 23.4. The summed E-state index contributed by atoms with van der Waals surface area (Å²) in [7, 11) is 0. The van der Waals surface area contributed by atoms with E-state index in [0.717, 1.165) is 0 Å². The van der Waals surface area contributed by atoms with Gasteiger partial charge in [-0.1, -0.05) is 0 Å². The maximum atomic E-state index is 3.75. The van der Waals surface area contributed by atoms with Crippen molar-refractivity contribution in [2.45, 2.75) is 0 Å². The van der Waals surface area contributed by atoms with Crippen LogP contribution in [0.3, 0.4) is 0 Å². The van der Waals surface area contributed by atoms with Crippen LogP contribution in [-0.4, -0.2) is 13.1 Å². The topological polar surface area (TPSA) is 14.1 Å². The van der Waals surface area contributed by atoms with Gasteiger partial charge in [-0.25, -0.2) is 0 Å². The zero-order valence-electron chi connectivity index (χ0n) is 5.85. The van der Waals surface area contributed by atoms with Crippen molar-refractivity contribution in [3.05, 3.63) is 26.6 Å². The first kappa shape index (κ1) is 22.4. The van der Waals surface area contributed by atoms with Crippen LogP contribution in [0.1, 0.15) is 0 Å². The molecule has 0 aliphatic carbocycles. The molecular formula is C5H11KNY-3. The summed E-state index contributed by atoms with van der Waals surface area (Å²) in [6, 6.07) is 0. The fourth-order valence-corrected chi connectivity index (χ4v) is 0.112. The molecule has 0 aromatic rings. The maximum absolute atomic E-state index is 3.75. The Morgan fingerprint density at radius 1 is 1.12 bits per heavy atom. The van der Waals surface area contributed by atoms with Crippen LogP contribution in [0.25, 0.3) is 5.32 Å². The summed E-state index contributed by atoms with van der Waals surface area (Å²) >= 11 is 0. The van der Waals surface area contributed by atoms with Gasteiger partial charge in [0.2, 0.25) is 0 Å². The number of rotatable bonds is 2. The molecule has 0 rings (SSSR count). The molecule has 1 radical (unpaired) electrons. The van der Waals surface area contributed by atoms with E-state index in [1.165, 1.54) is 0 Å². The van der Waals surface area contributed by atoms with Gasteiger partial charge in [-0.3, -0.25) is 13.1 Å². The van der Waals surface area contributed by atoms with Crippen LogP contribution in [0, 0.1) is 21.3 Å². The first-order valence-electron chi connectivity index (χ1n) is 1.63. The summed E-state index contributed by atoms with van der Waals surface area (Å²) in [6.07, 6.45) is 0. The summed E-state index contributed by atoms with van der Waals surface area (Å²) in [5.74, 6) is 0. The van der Waals surface area contributed by atoms with Crippen molar-refractivity contribution in [1.29, 1.82) is 0 Å². The zero-order chi connectivity index (χ0) is 4.12. The van der Waals surface area contributed by atoms with Gasteiger partial charge in [-0.15, -0.1) is 0 Å². The van der Waals surface area contributed by atoms with Gasteiger partial charge in [-0.2, -0.15) is 0 Å². The number of hydrogen-bond acceptors (Lipinski definition) is 0. The van der Waals surface area contributed by atoms with E-state index in [2.05, 4.69) is 19.2 Å². The first-order chi connectivity index (χ1) is 2.41. The Hall–Kier alpha value is 2.70. The SMILES string of the molecule is [CH2-]C[N-]C[CH2-].[CH3-].[K+].[Y]. The van der Waals surface area contributed by atoms with Gasteiger partial charge in [0.25, 0.3) is 0 Å². The van der Waals surface area contributed by atoms with Gasteiger partial charge >= 0.3 is 51.4 Å². The molecular weight excluding hydrogens is 202 g/mol. The van der Waals surface area contributed by atoms with E-state index in [1.807, 2.05) is 0 Å². The number of hydrogen-bond donors (Lipinski definition) is 0. The van der Waals surface area contributed by atoms with Crippen molar-refractivity contribution in [3.8, 4) is 0 Å². The molecule has 3 heteroatoms. The van der Waals surface area contributed by atoms with Crippen LogP contribution in [0.2, 0.25) is 0 Å². The molecule has 0 aromatic heterocycles. The molecule has 0 amide bonds. The van der Waals surface area contributed by atoms with E-state index in [0.29, 0.717) is 13.1 Å². The van der Waals surface area contributed by atoms with Crippen molar-refractivity contribution in [1.82, 2.24) is 0 Å². The molecule has 43 valence electrons. The average Bonchev–Trinajstić information content (AvgIpc) is 1.41. The Kier molecular flexibility index (Phi) is 63.3. The van der Waals surface area contributed by atoms with E-state index in [4.69, 9.17) is 0 Å². The zero-order valence-corrected chi connectivity index (χ0v) is 11.8. The maximum Gasteiger partial charge on any atom is 1.00 e. The summed E-state index contributed by atoms with van der Waals surface area (Å²) in [6.45, 7) is 8.25. The molecule has 0 saturated carbocycles. The van der Waals surface area contributed by atoms with E-state index in [1.54, 1.807) is 0 Å². The second-order valence-corrected chi connectivity index (χ2v) is 0.671. The van der Waals surface area contributed by atoms with Gasteiger partial charge in [0, 0.05) is 32.7 Å². The fourth-order valence-electron chi connectivity index (χ4n) is 0.112. The molecule has 0 aliphatic rings. The van der Waals surface area contributed by atoms with E-state index >= 15 is 0 Å².